The van der Waals surface area contributed by atoms with E-state index in [2.05, 4.69) is 15.0 Å². The van der Waals surface area contributed by atoms with Gasteiger partial charge in [-0.2, -0.15) is 0 Å². The number of rotatable bonds is 13. The van der Waals surface area contributed by atoms with E-state index in [1.807, 2.05) is 30.3 Å². The highest BCUT2D eigenvalue weighted by atomic mass is 31.2. The number of nitrogens with two attached hydrogens (primary N) is 1. The Morgan fingerprint density at radius 3 is 2.53 bits per heavy atom. The van der Waals surface area contributed by atoms with Crippen LogP contribution in [0.5, 0.6) is 0 Å². The summed E-state index contributed by atoms with van der Waals surface area (Å²) in [7, 11) is -4.12. The van der Waals surface area contributed by atoms with Crippen LogP contribution in [0.4, 0.5) is 10.2 Å². The Labute approximate surface area is 185 Å². The third kappa shape index (κ3) is 6.08. The van der Waals surface area contributed by atoms with E-state index in [1.165, 1.54) is 12.7 Å². The second-order valence-electron chi connectivity index (χ2n) is 6.75. The first-order valence-electron chi connectivity index (χ1n) is 10.2. The number of anilines is 1. The van der Waals surface area contributed by atoms with Gasteiger partial charge in [-0.15, -0.1) is 0 Å². The lowest BCUT2D eigenvalue weighted by Crippen LogP contribution is -2.29. The molecule has 0 amide bonds. The van der Waals surface area contributed by atoms with Gasteiger partial charge in [-0.3, -0.25) is 4.57 Å². The zero-order valence-electron chi connectivity index (χ0n) is 18.0. The lowest BCUT2D eigenvalue weighted by Gasteiger charge is -2.25. The molecule has 2 aromatic heterocycles. The molecule has 2 N–H and O–H groups in total. The minimum atomic E-state index is -4.12. The number of aromatic nitrogens is 4. The van der Waals surface area contributed by atoms with Gasteiger partial charge in [0.05, 0.1) is 39.3 Å². The maximum absolute atomic E-state index is 15.0. The number of benzene rings is 1. The molecule has 0 bridgehead atoms. The van der Waals surface area contributed by atoms with Crippen LogP contribution in [-0.2, 0) is 36.2 Å². The first-order valence-corrected chi connectivity index (χ1v) is 11.8. The van der Waals surface area contributed by atoms with Crippen LogP contribution in [0.2, 0.25) is 0 Å². The Morgan fingerprint density at radius 2 is 1.84 bits per heavy atom. The normalized spacial score (nSPS) is 14.0. The quantitative estimate of drug-likeness (QED) is 0.376. The second kappa shape index (κ2) is 11.4. The molecule has 2 heterocycles. The standard InChI is InChI=1S/C20H27FN5O5P/c1-3-29-32(27,30-4-2)20(21)31-16(12-28-11-15-8-6-5-7-9-15)10-26-14-25-17-18(22)23-13-24-19(17)26/h5-9,13-14,16,20H,3-4,10-12H2,1-2H3,(H2,22,23,24). The van der Waals surface area contributed by atoms with Gasteiger partial charge in [0.1, 0.15) is 17.9 Å². The Balaban J connectivity index is 1.76. The van der Waals surface area contributed by atoms with Gasteiger partial charge in [-0.05, 0) is 19.4 Å². The van der Waals surface area contributed by atoms with Gasteiger partial charge in [0.25, 0.3) is 0 Å². The van der Waals surface area contributed by atoms with E-state index in [-0.39, 0.29) is 32.2 Å². The molecule has 3 aromatic rings. The van der Waals surface area contributed by atoms with E-state index in [1.54, 1.807) is 18.4 Å². The molecular weight excluding hydrogens is 440 g/mol. The molecule has 0 aliphatic rings. The molecule has 0 spiro atoms. The largest absolute Gasteiger partial charge is 0.391 e. The van der Waals surface area contributed by atoms with Crippen molar-refractivity contribution in [1.82, 2.24) is 19.5 Å². The van der Waals surface area contributed by atoms with E-state index < -0.39 is 19.8 Å². The number of nitrogens with zero attached hydrogens (tertiary/aromatic N) is 4. The molecule has 1 aromatic carbocycles. The fourth-order valence-electron chi connectivity index (χ4n) is 3.02. The average Bonchev–Trinajstić information content (AvgIpc) is 3.19. The monoisotopic (exact) mass is 467 g/mol. The van der Waals surface area contributed by atoms with E-state index >= 15 is 0 Å². The Bertz CT molecular complexity index is 1030. The topological polar surface area (TPSA) is 124 Å². The van der Waals surface area contributed by atoms with Crippen molar-refractivity contribution in [2.24, 2.45) is 0 Å². The number of fused-ring (bicyclic) bond motifs is 1. The summed E-state index contributed by atoms with van der Waals surface area (Å²) < 4.78 is 50.7. The van der Waals surface area contributed by atoms with E-state index in [0.29, 0.717) is 17.8 Å². The Morgan fingerprint density at radius 1 is 1.12 bits per heavy atom. The molecule has 174 valence electrons. The van der Waals surface area contributed by atoms with Crippen molar-refractivity contribution >= 4 is 24.6 Å². The summed E-state index contributed by atoms with van der Waals surface area (Å²) in [5, 5.41) is 0. The van der Waals surface area contributed by atoms with Crippen molar-refractivity contribution in [3.05, 3.63) is 48.5 Å². The predicted octanol–water partition coefficient (Wildman–Crippen LogP) is 3.53. The van der Waals surface area contributed by atoms with Crippen LogP contribution >= 0.6 is 7.60 Å². The molecule has 0 aliphatic carbocycles. The summed E-state index contributed by atoms with van der Waals surface area (Å²) >= 11 is 0. The lowest BCUT2D eigenvalue weighted by molar-refractivity contribution is -0.0925. The molecule has 2 atom stereocenters. The highest BCUT2D eigenvalue weighted by molar-refractivity contribution is 7.54. The maximum atomic E-state index is 15.0. The van der Waals surface area contributed by atoms with Crippen LogP contribution in [0.3, 0.4) is 0 Å². The third-order valence-electron chi connectivity index (χ3n) is 4.42. The summed E-state index contributed by atoms with van der Waals surface area (Å²) in [6.07, 6.45) is -0.325. The molecule has 32 heavy (non-hydrogen) atoms. The lowest BCUT2D eigenvalue weighted by atomic mass is 10.2. The highest BCUT2D eigenvalue weighted by Crippen LogP contribution is 2.54. The molecule has 3 rings (SSSR count). The third-order valence-corrected chi connectivity index (χ3v) is 6.27. The number of ether oxygens (including phenoxy) is 2. The second-order valence-corrected chi connectivity index (χ2v) is 8.76. The van der Waals surface area contributed by atoms with Gasteiger partial charge in [0.15, 0.2) is 11.5 Å². The predicted molar refractivity (Wildman–Crippen MR) is 116 cm³/mol. The van der Waals surface area contributed by atoms with Crippen LogP contribution in [0.25, 0.3) is 11.2 Å². The molecule has 10 nitrogen and oxygen atoms in total. The van der Waals surface area contributed by atoms with Crippen LogP contribution in [0, 0.1) is 0 Å². The van der Waals surface area contributed by atoms with E-state index in [0.717, 1.165) is 5.56 Å². The highest BCUT2D eigenvalue weighted by Gasteiger charge is 2.39. The van der Waals surface area contributed by atoms with Crippen molar-refractivity contribution in [3.63, 3.8) is 0 Å². The Kier molecular flexibility index (Phi) is 8.66. The first kappa shape index (κ1) is 24.2. The van der Waals surface area contributed by atoms with Crippen molar-refractivity contribution in [2.75, 3.05) is 25.6 Å². The summed E-state index contributed by atoms with van der Waals surface area (Å²) in [5.41, 5.74) is 7.67. The number of hydrogen-bond donors (Lipinski definition) is 1. The van der Waals surface area contributed by atoms with E-state index in [9.17, 15) is 8.96 Å². The molecular formula is C20H27FN5O5P. The van der Waals surface area contributed by atoms with Gasteiger partial charge in [-0.25, -0.2) is 19.3 Å². The van der Waals surface area contributed by atoms with Crippen LogP contribution < -0.4 is 5.73 Å². The van der Waals surface area contributed by atoms with Gasteiger partial charge in [0, 0.05) is 0 Å². The molecule has 0 radical (unpaired) electrons. The SMILES string of the molecule is CCOP(=O)(OCC)C(F)OC(COCc1ccccc1)Cn1cnc2c(N)ncnc21. The van der Waals surface area contributed by atoms with Crippen LogP contribution in [-0.4, -0.2) is 51.5 Å². The number of hydrogen-bond acceptors (Lipinski definition) is 9. The summed E-state index contributed by atoms with van der Waals surface area (Å²) in [6, 6.07) is 9.52. The van der Waals surface area contributed by atoms with Gasteiger partial charge in [0.2, 0.25) is 0 Å². The number of alkyl halides is 1. The van der Waals surface area contributed by atoms with Gasteiger partial charge >= 0.3 is 13.7 Å². The minimum Gasteiger partial charge on any atom is -0.382 e. The summed E-state index contributed by atoms with van der Waals surface area (Å²) in [4.78, 5) is 12.3. The summed E-state index contributed by atoms with van der Waals surface area (Å²) in [5.74, 6) is 0.229. The molecule has 2 unspecified atom stereocenters. The number of imidazole rings is 1. The molecule has 0 fully saturated rings. The Hall–Kier alpha value is -2.43. The van der Waals surface area contributed by atoms with Gasteiger partial charge < -0.3 is 28.8 Å². The molecule has 0 saturated carbocycles. The zero-order valence-corrected chi connectivity index (χ0v) is 18.9. The molecule has 0 saturated heterocycles. The average molecular weight is 467 g/mol. The summed E-state index contributed by atoms with van der Waals surface area (Å²) in [6.45, 7) is 3.64. The van der Waals surface area contributed by atoms with Crippen molar-refractivity contribution in [1.29, 1.82) is 0 Å². The van der Waals surface area contributed by atoms with E-state index in [4.69, 9.17) is 24.3 Å². The van der Waals surface area contributed by atoms with Crippen molar-refractivity contribution in [3.8, 4) is 0 Å². The van der Waals surface area contributed by atoms with Gasteiger partial charge in [-0.1, -0.05) is 30.3 Å². The fraction of sp³-hybridized carbons (Fsp3) is 0.450. The molecule has 12 heteroatoms. The maximum Gasteiger partial charge on any atom is 0.391 e. The first-order chi connectivity index (χ1) is 15.5. The smallest absolute Gasteiger partial charge is 0.382 e. The number of halogens is 1. The van der Waals surface area contributed by atoms with Crippen molar-refractivity contribution in [2.45, 2.75) is 39.2 Å². The molecule has 0 aliphatic heterocycles. The minimum absolute atomic E-state index is 0.00774. The van der Waals surface area contributed by atoms with Crippen LogP contribution in [0.1, 0.15) is 19.4 Å². The zero-order chi connectivity index (χ0) is 23.0. The van der Waals surface area contributed by atoms with Crippen LogP contribution in [0.15, 0.2) is 43.0 Å². The van der Waals surface area contributed by atoms with Crippen molar-refractivity contribution < 1.29 is 27.5 Å². The fourth-order valence-corrected chi connectivity index (χ4v) is 4.37. The number of nitrogen functional groups attached to an aromatic ring is 1.